The van der Waals surface area contributed by atoms with E-state index in [0.717, 1.165) is 11.1 Å². The number of hydrogen-bond donors (Lipinski definition) is 0. The number of esters is 2. The number of ether oxygens (including phenoxy) is 2. The molecule has 0 bridgehead atoms. The third-order valence-corrected chi connectivity index (χ3v) is 3.39. The smallest absolute Gasteiger partial charge is 0.305 e. The summed E-state index contributed by atoms with van der Waals surface area (Å²) in [6, 6.07) is 8.17. The number of carbonyl (C=O) groups is 2. The van der Waals surface area contributed by atoms with E-state index in [4.69, 9.17) is 9.47 Å². The van der Waals surface area contributed by atoms with Gasteiger partial charge in [-0.2, -0.15) is 0 Å². The van der Waals surface area contributed by atoms with Crippen LogP contribution in [0.25, 0.3) is 6.08 Å². The molecule has 1 aromatic rings. The first-order valence-electron chi connectivity index (χ1n) is 7.79. The first-order chi connectivity index (χ1) is 10.6. The van der Waals surface area contributed by atoms with Gasteiger partial charge in [0.25, 0.3) is 6.29 Å². The van der Waals surface area contributed by atoms with Gasteiger partial charge in [-0.15, -0.1) is 0 Å². The Morgan fingerprint density at radius 1 is 1.04 bits per heavy atom. The van der Waals surface area contributed by atoms with E-state index in [2.05, 4.69) is 32.9 Å². The lowest BCUT2D eigenvalue weighted by molar-refractivity contribution is -0.178. The lowest BCUT2D eigenvalue weighted by atomic mass is 9.86. The quantitative estimate of drug-likeness (QED) is 0.602. The van der Waals surface area contributed by atoms with Gasteiger partial charge in [0.1, 0.15) is 0 Å². The topological polar surface area (TPSA) is 52.6 Å². The number of benzene rings is 1. The van der Waals surface area contributed by atoms with Crippen LogP contribution in [0.3, 0.4) is 0 Å². The first kappa shape index (κ1) is 18.9. The molecule has 23 heavy (non-hydrogen) atoms. The van der Waals surface area contributed by atoms with Crippen LogP contribution in [0.5, 0.6) is 0 Å². The summed E-state index contributed by atoms with van der Waals surface area (Å²) in [6.07, 6.45) is 1.52. The van der Waals surface area contributed by atoms with Crippen molar-refractivity contribution >= 4 is 18.0 Å². The molecule has 0 N–H and O–H groups in total. The van der Waals surface area contributed by atoms with Gasteiger partial charge in [-0.25, -0.2) is 0 Å². The van der Waals surface area contributed by atoms with Gasteiger partial charge in [-0.3, -0.25) is 9.59 Å². The number of rotatable bonds is 5. The van der Waals surface area contributed by atoms with Crippen molar-refractivity contribution in [2.24, 2.45) is 0 Å². The maximum Gasteiger partial charge on any atom is 0.305 e. The molecular formula is C19H26O4. The number of carbonyl (C=O) groups excluding carboxylic acids is 2. The number of hydrogen-bond acceptors (Lipinski definition) is 4. The molecule has 0 spiro atoms. The molecule has 0 amide bonds. The molecule has 0 radical (unpaired) electrons. The second-order valence-corrected chi connectivity index (χ2v) is 6.50. The van der Waals surface area contributed by atoms with Crippen molar-refractivity contribution in [2.75, 3.05) is 0 Å². The fourth-order valence-electron chi connectivity index (χ4n) is 2.11. The van der Waals surface area contributed by atoms with Gasteiger partial charge in [0.15, 0.2) is 0 Å². The van der Waals surface area contributed by atoms with Crippen molar-refractivity contribution in [2.45, 2.75) is 59.7 Å². The van der Waals surface area contributed by atoms with Gasteiger partial charge in [0.05, 0.1) is 0 Å². The normalized spacial score (nSPS) is 12.2. The SMILES string of the molecule is CCC(=Cc1ccc(C(C)(C)C)cc1)C(OC(C)=O)OC(C)=O. The van der Waals surface area contributed by atoms with Crippen LogP contribution >= 0.6 is 0 Å². The van der Waals surface area contributed by atoms with Crippen LogP contribution in [0.1, 0.15) is 59.1 Å². The molecule has 0 fully saturated rings. The minimum Gasteiger partial charge on any atom is -0.421 e. The van der Waals surface area contributed by atoms with Crippen LogP contribution in [-0.4, -0.2) is 18.2 Å². The summed E-state index contributed by atoms with van der Waals surface area (Å²) >= 11 is 0. The molecule has 0 saturated heterocycles. The Kier molecular flexibility index (Phi) is 6.55. The summed E-state index contributed by atoms with van der Waals surface area (Å²) in [5.41, 5.74) is 3.04. The van der Waals surface area contributed by atoms with E-state index in [1.807, 2.05) is 25.1 Å². The molecule has 0 aliphatic carbocycles. The lowest BCUT2D eigenvalue weighted by Crippen LogP contribution is -2.24. The summed E-state index contributed by atoms with van der Waals surface area (Å²) in [5, 5.41) is 0. The fourth-order valence-corrected chi connectivity index (χ4v) is 2.11. The largest absolute Gasteiger partial charge is 0.421 e. The third-order valence-electron chi connectivity index (χ3n) is 3.39. The molecule has 4 nitrogen and oxygen atoms in total. The van der Waals surface area contributed by atoms with Crippen molar-refractivity contribution < 1.29 is 19.1 Å². The summed E-state index contributed by atoms with van der Waals surface area (Å²) in [4.78, 5) is 22.4. The summed E-state index contributed by atoms with van der Waals surface area (Å²) < 4.78 is 10.2. The highest BCUT2D eigenvalue weighted by atomic mass is 16.7. The van der Waals surface area contributed by atoms with Crippen molar-refractivity contribution in [1.29, 1.82) is 0 Å². The Morgan fingerprint density at radius 3 is 1.87 bits per heavy atom. The molecule has 0 saturated carbocycles. The Labute approximate surface area is 138 Å². The highest BCUT2D eigenvalue weighted by Crippen LogP contribution is 2.24. The van der Waals surface area contributed by atoms with Gasteiger partial charge >= 0.3 is 11.9 Å². The highest BCUT2D eigenvalue weighted by molar-refractivity contribution is 5.69. The van der Waals surface area contributed by atoms with E-state index in [-0.39, 0.29) is 5.41 Å². The van der Waals surface area contributed by atoms with Crippen LogP contribution < -0.4 is 0 Å². The minimum atomic E-state index is -0.975. The van der Waals surface area contributed by atoms with Gasteiger partial charge in [-0.05, 0) is 29.0 Å². The van der Waals surface area contributed by atoms with Gasteiger partial charge in [0.2, 0.25) is 0 Å². The average Bonchev–Trinajstić information content (AvgIpc) is 2.42. The van der Waals surface area contributed by atoms with Gasteiger partial charge in [0, 0.05) is 19.4 Å². The van der Waals surface area contributed by atoms with E-state index < -0.39 is 18.2 Å². The Hall–Kier alpha value is -2.10. The van der Waals surface area contributed by atoms with Crippen LogP contribution in [0.2, 0.25) is 0 Å². The average molecular weight is 318 g/mol. The zero-order valence-corrected chi connectivity index (χ0v) is 14.8. The Bertz CT molecular complexity index is 560. The second-order valence-electron chi connectivity index (χ2n) is 6.50. The molecular weight excluding hydrogens is 292 g/mol. The third kappa shape index (κ3) is 6.27. The van der Waals surface area contributed by atoms with E-state index in [0.29, 0.717) is 6.42 Å². The highest BCUT2D eigenvalue weighted by Gasteiger charge is 2.19. The molecule has 1 aromatic carbocycles. The van der Waals surface area contributed by atoms with Crippen molar-refractivity contribution in [3.8, 4) is 0 Å². The molecule has 0 heterocycles. The minimum absolute atomic E-state index is 0.0911. The lowest BCUT2D eigenvalue weighted by Gasteiger charge is -2.20. The zero-order valence-electron chi connectivity index (χ0n) is 14.8. The summed E-state index contributed by atoms with van der Waals surface area (Å²) in [6.45, 7) is 11.0. The molecule has 0 aromatic heterocycles. The fraction of sp³-hybridized carbons (Fsp3) is 0.474. The summed E-state index contributed by atoms with van der Waals surface area (Å²) in [7, 11) is 0. The van der Waals surface area contributed by atoms with E-state index >= 15 is 0 Å². The molecule has 4 heteroatoms. The zero-order chi connectivity index (χ0) is 17.6. The van der Waals surface area contributed by atoms with Gasteiger partial charge < -0.3 is 9.47 Å². The summed E-state index contributed by atoms with van der Waals surface area (Å²) in [5.74, 6) is -0.975. The van der Waals surface area contributed by atoms with Crippen LogP contribution in [0.15, 0.2) is 29.8 Å². The van der Waals surface area contributed by atoms with Crippen molar-refractivity contribution in [3.63, 3.8) is 0 Å². The van der Waals surface area contributed by atoms with Crippen LogP contribution in [0, 0.1) is 0 Å². The second kappa shape index (κ2) is 7.95. The maximum absolute atomic E-state index is 11.2. The standard InChI is InChI=1S/C19H26O4/c1-7-16(18(22-13(2)20)23-14(3)21)12-15-8-10-17(11-9-15)19(4,5)6/h8-12,18H,7H2,1-6H3. The molecule has 0 aliphatic rings. The molecule has 1 rings (SSSR count). The molecule has 0 atom stereocenters. The van der Waals surface area contributed by atoms with Crippen LogP contribution in [0.4, 0.5) is 0 Å². The Balaban J connectivity index is 3.07. The molecule has 0 unspecified atom stereocenters. The first-order valence-corrected chi connectivity index (χ1v) is 7.79. The van der Waals surface area contributed by atoms with Crippen LogP contribution in [-0.2, 0) is 24.5 Å². The van der Waals surface area contributed by atoms with Crippen molar-refractivity contribution in [3.05, 3.63) is 41.0 Å². The van der Waals surface area contributed by atoms with Crippen molar-refractivity contribution in [1.82, 2.24) is 0 Å². The Morgan fingerprint density at radius 2 is 1.52 bits per heavy atom. The monoisotopic (exact) mass is 318 g/mol. The molecule has 126 valence electrons. The van der Waals surface area contributed by atoms with E-state index in [1.54, 1.807) is 0 Å². The predicted molar refractivity (Wildman–Crippen MR) is 90.7 cm³/mol. The van der Waals surface area contributed by atoms with Gasteiger partial charge in [-0.1, -0.05) is 52.0 Å². The van der Waals surface area contributed by atoms with E-state index in [1.165, 1.54) is 19.4 Å². The maximum atomic E-state index is 11.2. The molecule has 0 aliphatic heterocycles. The van der Waals surface area contributed by atoms with E-state index in [9.17, 15) is 9.59 Å². The predicted octanol–water partition coefficient (Wildman–Crippen LogP) is 4.23.